The van der Waals surface area contributed by atoms with Gasteiger partial charge in [-0.15, -0.1) is 0 Å². The van der Waals surface area contributed by atoms with Crippen LogP contribution >= 0.6 is 0 Å². The van der Waals surface area contributed by atoms with Gasteiger partial charge in [0.05, 0.1) is 20.0 Å². The molecule has 0 radical (unpaired) electrons. The van der Waals surface area contributed by atoms with Gasteiger partial charge in [-0.25, -0.2) is 0 Å². The molecule has 0 saturated heterocycles. The van der Waals surface area contributed by atoms with Crippen LogP contribution in [-0.2, 0) is 16.5 Å². The third-order valence-electron chi connectivity index (χ3n) is 3.24. The topological polar surface area (TPSA) is 84.9 Å². The van der Waals surface area contributed by atoms with Gasteiger partial charge in [-0.3, -0.25) is 4.55 Å². The van der Waals surface area contributed by atoms with Crippen molar-refractivity contribution in [3.8, 4) is 11.5 Å². The number of methoxy groups -OCH3 is 2. The van der Waals surface area contributed by atoms with Crippen molar-refractivity contribution in [2.45, 2.75) is 32.2 Å². The molecule has 6 nitrogen and oxygen atoms in total. The minimum atomic E-state index is -3.89. The van der Waals surface area contributed by atoms with Gasteiger partial charge in [0.25, 0.3) is 10.1 Å². The first-order valence-electron chi connectivity index (χ1n) is 7.07. The van der Waals surface area contributed by atoms with Gasteiger partial charge in [0.2, 0.25) is 0 Å². The molecule has 1 aromatic rings. The molecule has 0 bridgehead atoms. The predicted octanol–water partition coefficient (Wildman–Crippen LogP) is 1.89. The fourth-order valence-electron chi connectivity index (χ4n) is 2.22. The van der Waals surface area contributed by atoms with E-state index in [9.17, 15) is 8.42 Å². The molecule has 0 amide bonds. The van der Waals surface area contributed by atoms with Crippen molar-refractivity contribution in [3.63, 3.8) is 0 Å². The molecule has 0 saturated carbocycles. The van der Waals surface area contributed by atoms with Crippen molar-refractivity contribution in [1.29, 1.82) is 0 Å². The van der Waals surface area contributed by atoms with Gasteiger partial charge in [-0.1, -0.05) is 0 Å². The quantitative estimate of drug-likeness (QED) is 0.531. The van der Waals surface area contributed by atoms with Crippen molar-refractivity contribution in [2.24, 2.45) is 0 Å². The van der Waals surface area contributed by atoms with Crippen LogP contribution in [0.15, 0.2) is 18.2 Å². The second-order valence-electron chi connectivity index (χ2n) is 5.85. The third kappa shape index (κ3) is 7.11. The van der Waals surface area contributed by atoms with Crippen LogP contribution < -0.4 is 14.8 Å². The highest BCUT2D eigenvalue weighted by Crippen LogP contribution is 2.25. The van der Waals surface area contributed by atoms with Crippen LogP contribution in [0, 0.1) is 0 Å². The van der Waals surface area contributed by atoms with E-state index in [-0.39, 0.29) is 11.3 Å². The molecule has 0 aromatic heterocycles. The molecule has 0 fully saturated rings. The van der Waals surface area contributed by atoms with Crippen LogP contribution in [0.4, 0.5) is 0 Å². The normalized spacial score (nSPS) is 12.2. The lowest BCUT2D eigenvalue weighted by molar-refractivity contribution is 0.377. The van der Waals surface area contributed by atoms with Gasteiger partial charge in [0.15, 0.2) is 0 Å². The van der Waals surface area contributed by atoms with E-state index in [2.05, 4.69) is 5.32 Å². The van der Waals surface area contributed by atoms with E-state index >= 15 is 0 Å². The maximum Gasteiger partial charge on any atom is 0.264 e. The highest BCUT2D eigenvalue weighted by atomic mass is 32.2. The van der Waals surface area contributed by atoms with Crippen molar-refractivity contribution in [2.75, 3.05) is 26.5 Å². The fraction of sp³-hybridized carbons (Fsp3) is 0.600. The van der Waals surface area contributed by atoms with Crippen LogP contribution in [0.2, 0.25) is 0 Å². The Balaban J connectivity index is 2.63. The van der Waals surface area contributed by atoms with Crippen LogP contribution in [0.1, 0.15) is 25.8 Å². The molecule has 0 aliphatic rings. The smallest absolute Gasteiger partial charge is 0.264 e. The number of nitrogens with one attached hydrogen (secondary N) is 1. The molecular weight excluding hydrogens is 306 g/mol. The fourth-order valence-corrected chi connectivity index (χ4v) is 2.73. The van der Waals surface area contributed by atoms with Gasteiger partial charge >= 0.3 is 0 Å². The molecule has 0 spiro atoms. The van der Waals surface area contributed by atoms with E-state index in [1.165, 1.54) is 0 Å². The van der Waals surface area contributed by atoms with Crippen LogP contribution in [0.5, 0.6) is 11.5 Å². The van der Waals surface area contributed by atoms with Gasteiger partial charge in [0.1, 0.15) is 11.5 Å². The zero-order valence-corrected chi connectivity index (χ0v) is 14.4. The van der Waals surface area contributed by atoms with Crippen molar-refractivity contribution < 1.29 is 22.4 Å². The number of ether oxygens (including phenoxy) is 2. The summed E-state index contributed by atoms with van der Waals surface area (Å²) in [6.07, 6.45) is 1.09. The van der Waals surface area contributed by atoms with Crippen LogP contribution in [-0.4, -0.2) is 45.0 Å². The van der Waals surface area contributed by atoms with Gasteiger partial charge < -0.3 is 14.8 Å². The Kier molecular flexibility index (Phi) is 6.65. The highest BCUT2D eigenvalue weighted by molar-refractivity contribution is 7.85. The van der Waals surface area contributed by atoms with E-state index in [4.69, 9.17) is 14.0 Å². The SMILES string of the molecule is COc1cc(CC(C)(C)NCCCS(=O)(=O)O)cc(OC)c1. The van der Waals surface area contributed by atoms with Crippen molar-refractivity contribution >= 4 is 10.1 Å². The summed E-state index contributed by atoms with van der Waals surface area (Å²) in [6.45, 7) is 4.58. The molecule has 1 rings (SSSR count). The van der Waals surface area contributed by atoms with E-state index in [1.54, 1.807) is 14.2 Å². The standard InChI is InChI=1S/C15H25NO5S/c1-15(2,16-6-5-7-22(17,18)19)11-12-8-13(20-3)10-14(9-12)21-4/h8-10,16H,5-7,11H2,1-4H3,(H,17,18,19). The van der Waals surface area contributed by atoms with E-state index < -0.39 is 10.1 Å². The van der Waals surface area contributed by atoms with Gasteiger partial charge in [-0.2, -0.15) is 8.42 Å². The summed E-state index contributed by atoms with van der Waals surface area (Å²) < 4.78 is 40.6. The largest absolute Gasteiger partial charge is 0.497 e. The van der Waals surface area contributed by atoms with Crippen molar-refractivity contribution in [3.05, 3.63) is 23.8 Å². The van der Waals surface area contributed by atoms with Crippen LogP contribution in [0.25, 0.3) is 0 Å². The summed E-state index contributed by atoms with van der Waals surface area (Å²) in [5.41, 5.74) is 0.833. The summed E-state index contributed by atoms with van der Waals surface area (Å²) in [4.78, 5) is 0. The number of benzene rings is 1. The predicted molar refractivity (Wildman–Crippen MR) is 86.4 cm³/mol. The Morgan fingerprint density at radius 3 is 2.14 bits per heavy atom. The zero-order valence-electron chi connectivity index (χ0n) is 13.5. The summed E-state index contributed by atoms with van der Waals surface area (Å²) in [7, 11) is -0.675. The molecule has 0 atom stereocenters. The van der Waals surface area contributed by atoms with E-state index in [1.807, 2.05) is 32.0 Å². The Labute approximate surface area is 132 Å². The Bertz CT molecular complexity index is 561. The molecule has 0 aliphatic heterocycles. The highest BCUT2D eigenvalue weighted by Gasteiger charge is 2.19. The average molecular weight is 331 g/mol. The summed E-state index contributed by atoms with van der Waals surface area (Å²) in [6, 6.07) is 5.71. The minimum absolute atomic E-state index is 0.226. The number of rotatable bonds is 9. The van der Waals surface area contributed by atoms with Gasteiger partial charge in [-0.05, 0) is 50.9 Å². The maximum absolute atomic E-state index is 10.7. The monoisotopic (exact) mass is 331 g/mol. The second-order valence-corrected chi connectivity index (χ2v) is 7.42. The molecule has 1 aromatic carbocycles. The molecule has 7 heteroatoms. The summed E-state index contributed by atoms with van der Waals surface area (Å²) >= 11 is 0. The van der Waals surface area contributed by atoms with E-state index in [0.717, 1.165) is 23.5 Å². The molecular formula is C15H25NO5S. The Morgan fingerprint density at radius 2 is 1.68 bits per heavy atom. The number of hydrogen-bond acceptors (Lipinski definition) is 5. The first-order valence-corrected chi connectivity index (χ1v) is 8.68. The molecule has 126 valence electrons. The van der Waals surface area contributed by atoms with Crippen molar-refractivity contribution in [1.82, 2.24) is 5.32 Å². The molecule has 0 unspecified atom stereocenters. The number of hydrogen-bond donors (Lipinski definition) is 2. The molecule has 22 heavy (non-hydrogen) atoms. The lowest BCUT2D eigenvalue weighted by atomic mass is 9.94. The summed E-state index contributed by atoms with van der Waals surface area (Å²) in [5.74, 6) is 1.23. The lowest BCUT2D eigenvalue weighted by Gasteiger charge is -2.27. The zero-order chi connectivity index (χ0) is 16.8. The van der Waals surface area contributed by atoms with Gasteiger partial charge in [0, 0.05) is 11.6 Å². The second kappa shape index (κ2) is 7.80. The minimum Gasteiger partial charge on any atom is -0.497 e. The van der Waals surface area contributed by atoms with E-state index in [0.29, 0.717) is 13.0 Å². The Morgan fingerprint density at radius 1 is 1.14 bits per heavy atom. The molecule has 2 N–H and O–H groups in total. The first kappa shape index (κ1) is 18.7. The molecule has 0 heterocycles. The van der Waals surface area contributed by atoms with Crippen LogP contribution in [0.3, 0.4) is 0 Å². The first-order chi connectivity index (χ1) is 10.1. The lowest BCUT2D eigenvalue weighted by Crippen LogP contribution is -2.42. The average Bonchev–Trinajstić information content (AvgIpc) is 2.41. The summed E-state index contributed by atoms with van der Waals surface area (Å²) in [5, 5.41) is 3.30. The molecule has 0 aliphatic carbocycles. The Hall–Kier alpha value is -1.31. The third-order valence-corrected chi connectivity index (χ3v) is 4.04. The maximum atomic E-state index is 10.7.